The lowest BCUT2D eigenvalue weighted by atomic mass is 10.1. The van der Waals surface area contributed by atoms with E-state index in [1.807, 2.05) is 44.2 Å². The van der Waals surface area contributed by atoms with E-state index in [4.69, 9.17) is 4.52 Å². The lowest BCUT2D eigenvalue weighted by molar-refractivity contribution is -0.156. The van der Waals surface area contributed by atoms with Gasteiger partial charge in [0.15, 0.2) is 0 Å². The molecule has 32 heavy (non-hydrogen) atoms. The van der Waals surface area contributed by atoms with Crippen molar-refractivity contribution < 1.29 is 18.9 Å². The number of carbonyl (C=O) groups is 3. The summed E-state index contributed by atoms with van der Waals surface area (Å²) >= 11 is 0. The Labute approximate surface area is 187 Å². The minimum absolute atomic E-state index is 0.0381. The molecule has 4 rings (SSSR count). The van der Waals surface area contributed by atoms with Crippen molar-refractivity contribution in [3.8, 4) is 11.4 Å². The Hall–Kier alpha value is -3.23. The first-order chi connectivity index (χ1) is 15.4. The molecule has 9 nitrogen and oxygen atoms in total. The fraction of sp³-hybridized carbons (Fsp3) is 0.522. The van der Waals surface area contributed by atoms with E-state index < -0.39 is 6.04 Å². The summed E-state index contributed by atoms with van der Waals surface area (Å²) in [6.07, 6.45) is 1.20. The Morgan fingerprint density at radius 3 is 2.72 bits per heavy atom. The number of piperazine rings is 1. The van der Waals surface area contributed by atoms with Gasteiger partial charge in [-0.1, -0.05) is 49.3 Å². The molecule has 2 aliphatic heterocycles. The molecular formula is C23H29N5O4. The number of benzene rings is 1. The van der Waals surface area contributed by atoms with Gasteiger partial charge in [0.05, 0.1) is 13.1 Å². The van der Waals surface area contributed by atoms with E-state index in [2.05, 4.69) is 10.1 Å². The molecule has 9 heteroatoms. The Morgan fingerprint density at radius 2 is 1.97 bits per heavy atom. The van der Waals surface area contributed by atoms with Crippen molar-refractivity contribution in [1.29, 1.82) is 0 Å². The van der Waals surface area contributed by atoms with Crippen LogP contribution >= 0.6 is 0 Å². The molecular weight excluding hydrogens is 410 g/mol. The van der Waals surface area contributed by atoms with Crippen molar-refractivity contribution in [2.45, 2.75) is 39.2 Å². The normalized spacial score (nSPS) is 19.3. The van der Waals surface area contributed by atoms with E-state index in [-0.39, 0.29) is 43.1 Å². The van der Waals surface area contributed by atoms with Crippen LogP contribution in [0.3, 0.4) is 0 Å². The van der Waals surface area contributed by atoms with Crippen LogP contribution in [0.15, 0.2) is 34.9 Å². The topological polar surface area (TPSA) is 99.9 Å². The van der Waals surface area contributed by atoms with Crippen LogP contribution in [-0.2, 0) is 20.8 Å². The summed E-state index contributed by atoms with van der Waals surface area (Å²) in [5.41, 5.74) is 0.855. The second kappa shape index (κ2) is 9.50. The van der Waals surface area contributed by atoms with Crippen LogP contribution in [0.4, 0.5) is 0 Å². The quantitative estimate of drug-likeness (QED) is 0.678. The second-order valence-corrected chi connectivity index (χ2v) is 8.79. The summed E-state index contributed by atoms with van der Waals surface area (Å²) in [6.45, 7) is 5.97. The first kappa shape index (κ1) is 22.0. The molecule has 1 atom stereocenters. The highest BCUT2D eigenvalue weighted by atomic mass is 16.5. The maximum atomic E-state index is 13.0. The van der Waals surface area contributed by atoms with Crippen LogP contribution in [0.2, 0.25) is 0 Å². The molecule has 0 spiro atoms. The minimum Gasteiger partial charge on any atom is -0.340 e. The van der Waals surface area contributed by atoms with Crippen LogP contribution in [-0.4, -0.2) is 81.3 Å². The smallest absolute Gasteiger partial charge is 0.247 e. The summed E-state index contributed by atoms with van der Waals surface area (Å²) in [5, 5.41) is 3.99. The highest BCUT2D eigenvalue weighted by Gasteiger charge is 2.42. The zero-order valence-electron chi connectivity index (χ0n) is 18.6. The molecule has 2 fully saturated rings. The van der Waals surface area contributed by atoms with Gasteiger partial charge in [-0.05, 0) is 12.3 Å². The maximum Gasteiger partial charge on any atom is 0.247 e. The van der Waals surface area contributed by atoms with E-state index in [0.717, 1.165) is 5.56 Å². The highest BCUT2D eigenvalue weighted by molar-refractivity contribution is 5.95. The third-order valence-corrected chi connectivity index (χ3v) is 5.83. The number of hydrogen-bond acceptors (Lipinski definition) is 6. The van der Waals surface area contributed by atoms with Crippen molar-refractivity contribution in [1.82, 2.24) is 24.8 Å². The van der Waals surface area contributed by atoms with Gasteiger partial charge in [0.2, 0.25) is 29.4 Å². The summed E-state index contributed by atoms with van der Waals surface area (Å²) < 4.78 is 5.30. The molecule has 170 valence electrons. The SMILES string of the molecule is CC(C)CN1CC(=O)N2CCCN(C(=O)CCc3nc(-c4ccccc4)no3)CC2C1=O. The van der Waals surface area contributed by atoms with E-state index in [0.29, 0.717) is 44.2 Å². The molecule has 1 unspecified atom stereocenters. The Kier molecular flexibility index (Phi) is 6.53. The molecule has 1 aromatic heterocycles. The Balaban J connectivity index is 1.38. The van der Waals surface area contributed by atoms with Crippen LogP contribution in [0.1, 0.15) is 32.6 Å². The third kappa shape index (κ3) is 4.81. The second-order valence-electron chi connectivity index (χ2n) is 8.79. The van der Waals surface area contributed by atoms with Gasteiger partial charge >= 0.3 is 0 Å². The molecule has 0 N–H and O–H groups in total. The van der Waals surface area contributed by atoms with Gasteiger partial charge in [0.25, 0.3) is 0 Å². The number of carbonyl (C=O) groups excluding carboxylic acids is 3. The zero-order valence-corrected chi connectivity index (χ0v) is 18.6. The number of aromatic nitrogens is 2. The molecule has 1 aromatic carbocycles. The van der Waals surface area contributed by atoms with Crippen LogP contribution in [0.5, 0.6) is 0 Å². The fourth-order valence-electron chi connectivity index (χ4n) is 4.29. The Morgan fingerprint density at radius 1 is 1.19 bits per heavy atom. The minimum atomic E-state index is -0.602. The molecule has 0 radical (unpaired) electrons. The van der Waals surface area contributed by atoms with E-state index in [1.165, 1.54) is 0 Å². The van der Waals surface area contributed by atoms with Crippen LogP contribution < -0.4 is 0 Å². The van der Waals surface area contributed by atoms with Gasteiger partial charge in [-0.2, -0.15) is 4.98 Å². The third-order valence-electron chi connectivity index (χ3n) is 5.83. The van der Waals surface area contributed by atoms with Gasteiger partial charge in [-0.3, -0.25) is 14.4 Å². The molecule has 2 saturated heterocycles. The van der Waals surface area contributed by atoms with Crippen molar-refractivity contribution in [3.05, 3.63) is 36.2 Å². The van der Waals surface area contributed by atoms with Crippen molar-refractivity contribution in [3.63, 3.8) is 0 Å². The van der Waals surface area contributed by atoms with Gasteiger partial charge in [0.1, 0.15) is 6.04 Å². The number of fused-ring (bicyclic) bond motifs is 1. The summed E-state index contributed by atoms with van der Waals surface area (Å²) in [6, 6.07) is 8.91. The fourth-order valence-corrected chi connectivity index (χ4v) is 4.29. The number of hydrogen-bond donors (Lipinski definition) is 0. The number of aryl methyl sites for hydroxylation is 1. The predicted molar refractivity (Wildman–Crippen MR) is 116 cm³/mol. The average molecular weight is 440 g/mol. The molecule has 0 bridgehead atoms. The van der Waals surface area contributed by atoms with Crippen molar-refractivity contribution >= 4 is 17.7 Å². The molecule has 3 amide bonds. The van der Waals surface area contributed by atoms with Gasteiger partial charge in [0, 0.05) is 38.0 Å². The zero-order chi connectivity index (χ0) is 22.7. The predicted octanol–water partition coefficient (Wildman–Crippen LogP) is 1.60. The average Bonchev–Trinajstić information content (AvgIpc) is 3.13. The van der Waals surface area contributed by atoms with Crippen molar-refractivity contribution in [2.75, 3.05) is 32.7 Å². The highest BCUT2D eigenvalue weighted by Crippen LogP contribution is 2.20. The van der Waals surface area contributed by atoms with Gasteiger partial charge < -0.3 is 19.2 Å². The van der Waals surface area contributed by atoms with E-state index in [9.17, 15) is 14.4 Å². The van der Waals surface area contributed by atoms with E-state index in [1.54, 1.807) is 14.7 Å². The van der Waals surface area contributed by atoms with Crippen molar-refractivity contribution in [2.24, 2.45) is 5.92 Å². The maximum absolute atomic E-state index is 13.0. The van der Waals surface area contributed by atoms with Crippen LogP contribution in [0.25, 0.3) is 11.4 Å². The molecule has 0 saturated carbocycles. The lowest BCUT2D eigenvalue weighted by Gasteiger charge is -2.40. The standard InChI is InChI=1S/C23H29N5O4/c1-16(2)13-27-15-21(30)28-12-6-11-26(14-18(28)23(27)31)20(29)10-9-19-24-22(25-32-19)17-7-4-3-5-8-17/h3-5,7-8,16,18H,6,9-15H2,1-2H3. The van der Waals surface area contributed by atoms with Crippen LogP contribution in [0, 0.1) is 5.92 Å². The number of amides is 3. The molecule has 0 aliphatic carbocycles. The number of nitrogens with zero attached hydrogens (tertiary/aromatic N) is 5. The number of rotatable bonds is 6. The summed E-state index contributed by atoms with van der Waals surface area (Å²) in [7, 11) is 0. The lowest BCUT2D eigenvalue weighted by Crippen LogP contribution is -2.62. The molecule has 2 aliphatic rings. The van der Waals surface area contributed by atoms with Gasteiger partial charge in [-0.25, -0.2) is 0 Å². The first-order valence-electron chi connectivity index (χ1n) is 11.2. The summed E-state index contributed by atoms with van der Waals surface area (Å²) in [5.74, 6) is 0.992. The van der Waals surface area contributed by atoms with E-state index >= 15 is 0 Å². The first-order valence-corrected chi connectivity index (χ1v) is 11.2. The van der Waals surface area contributed by atoms with Gasteiger partial charge in [-0.15, -0.1) is 0 Å². The molecule has 2 aromatic rings. The Bertz CT molecular complexity index is 974. The largest absolute Gasteiger partial charge is 0.340 e. The monoisotopic (exact) mass is 439 g/mol. The summed E-state index contributed by atoms with van der Waals surface area (Å²) in [4.78, 5) is 48.0. The molecule has 3 heterocycles.